The number of ether oxygens (including phenoxy) is 3. The number of hydrogen-bond donors (Lipinski definition) is 0. The molecule has 0 heterocycles. The van der Waals surface area contributed by atoms with Crippen LogP contribution in [0.4, 0.5) is 0 Å². The molecule has 0 fully saturated rings. The van der Waals surface area contributed by atoms with Crippen molar-refractivity contribution in [3.8, 4) is 0 Å². The van der Waals surface area contributed by atoms with Gasteiger partial charge in [-0.1, -0.05) is 6.92 Å². The van der Waals surface area contributed by atoms with Crippen molar-refractivity contribution >= 4 is 11.9 Å². The molecular formula is C16H29O5. The molecular weight excluding hydrogens is 272 g/mol. The fourth-order valence-corrected chi connectivity index (χ4v) is 1.12. The smallest absolute Gasteiger partial charge is 0.311 e. The maximum atomic E-state index is 11.9. The number of rotatable bonds is 7. The zero-order valence-corrected chi connectivity index (χ0v) is 14.3. The second-order valence-electron chi connectivity index (χ2n) is 7.03. The van der Waals surface area contributed by atoms with E-state index in [1.165, 1.54) is 0 Å². The molecule has 1 atom stereocenters. The zero-order valence-electron chi connectivity index (χ0n) is 14.3. The SMILES string of the molecule is CC[CH]OCC(COC(=O)C(C)(C)C)OC(=O)C(C)(C)C. The Labute approximate surface area is 128 Å². The summed E-state index contributed by atoms with van der Waals surface area (Å²) in [6, 6.07) is 0. The quantitative estimate of drug-likeness (QED) is 0.534. The van der Waals surface area contributed by atoms with E-state index in [4.69, 9.17) is 14.2 Å². The Kier molecular flexibility index (Phi) is 7.93. The van der Waals surface area contributed by atoms with Gasteiger partial charge in [0.25, 0.3) is 0 Å². The minimum absolute atomic E-state index is 0.00449. The van der Waals surface area contributed by atoms with E-state index in [1.807, 2.05) is 6.92 Å². The Bertz CT molecular complexity index is 336. The van der Waals surface area contributed by atoms with E-state index in [2.05, 4.69) is 0 Å². The van der Waals surface area contributed by atoms with Crippen molar-refractivity contribution in [3.63, 3.8) is 0 Å². The maximum absolute atomic E-state index is 11.9. The molecule has 0 spiro atoms. The van der Waals surface area contributed by atoms with Crippen LogP contribution in [0.1, 0.15) is 54.9 Å². The molecule has 0 aromatic carbocycles. The van der Waals surface area contributed by atoms with E-state index >= 15 is 0 Å². The van der Waals surface area contributed by atoms with Crippen molar-refractivity contribution in [2.24, 2.45) is 10.8 Å². The summed E-state index contributed by atoms with van der Waals surface area (Å²) in [6.07, 6.45) is 0.146. The van der Waals surface area contributed by atoms with Gasteiger partial charge in [0.2, 0.25) is 0 Å². The van der Waals surface area contributed by atoms with Gasteiger partial charge in [0.1, 0.15) is 6.61 Å². The van der Waals surface area contributed by atoms with Gasteiger partial charge in [0.15, 0.2) is 6.10 Å². The molecule has 0 rings (SSSR count). The molecule has 0 aromatic heterocycles. The lowest BCUT2D eigenvalue weighted by Crippen LogP contribution is -2.35. The molecule has 5 heteroatoms. The molecule has 5 nitrogen and oxygen atoms in total. The molecule has 1 radical (unpaired) electrons. The van der Waals surface area contributed by atoms with Crippen molar-refractivity contribution in [3.05, 3.63) is 6.61 Å². The Hall–Kier alpha value is -1.10. The predicted octanol–water partition coefficient (Wildman–Crippen LogP) is 3.12. The van der Waals surface area contributed by atoms with E-state index in [9.17, 15) is 9.59 Å². The van der Waals surface area contributed by atoms with Gasteiger partial charge in [-0.25, -0.2) is 0 Å². The molecule has 0 saturated heterocycles. The third kappa shape index (κ3) is 8.71. The van der Waals surface area contributed by atoms with Crippen LogP contribution in [-0.2, 0) is 23.8 Å². The standard InChI is InChI=1S/C16H29O5/c1-8-9-19-10-12(21-14(18)16(5,6)7)11-20-13(17)15(2,3)4/h9,12H,8,10-11H2,1-7H3. The Morgan fingerprint density at radius 3 is 1.90 bits per heavy atom. The van der Waals surface area contributed by atoms with E-state index in [0.717, 1.165) is 6.42 Å². The molecule has 0 aromatic rings. The summed E-state index contributed by atoms with van der Waals surface area (Å²) in [5.41, 5.74) is -1.20. The minimum Gasteiger partial charge on any atom is -0.461 e. The van der Waals surface area contributed by atoms with Crippen molar-refractivity contribution < 1.29 is 23.8 Å². The first kappa shape index (κ1) is 19.9. The lowest BCUT2D eigenvalue weighted by atomic mass is 9.97. The summed E-state index contributed by atoms with van der Waals surface area (Å²) in [4.78, 5) is 23.7. The van der Waals surface area contributed by atoms with Crippen LogP contribution < -0.4 is 0 Å². The summed E-state index contributed by atoms with van der Waals surface area (Å²) in [6.45, 7) is 14.4. The van der Waals surface area contributed by atoms with Crippen LogP contribution in [-0.4, -0.2) is 31.3 Å². The molecule has 0 aliphatic rings. The molecule has 123 valence electrons. The Morgan fingerprint density at radius 2 is 1.48 bits per heavy atom. The summed E-state index contributed by atoms with van der Waals surface area (Å²) < 4.78 is 15.8. The fourth-order valence-electron chi connectivity index (χ4n) is 1.12. The van der Waals surface area contributed by atoms with Gasteiger partial charge in [0.05, 0.1) is 24.0 Å². The van der Waals surface area contributed by atoms with Crippen molar-refractivity contribution in [1.29, 1.82) is 0 Å². The summed E-state index contributed by atoms with van der Waals surface area (Å²) in [7, 11) is 0. The monoisotopic (exact) mass is 301 g/mol. The van der Waals surface area contributed by atoms with Gasteiger partial charge >= 0.3 is 11.9 Å². The van der Waals surface area contributed by atoms with Gasteiger partial charge in [-0.2, -0.15) is 0 Å². The highest BCUT2D eigenvalue weighted by molar-refractivity contribution is 5.76. The molecule has 0 aliphatic carbocycles. The van der Waals surface area contributed by atoms with Crippen molar-refractivity contribution in [2.75, 3.05) is 13.2 Å². The van der Waals surface area contributed by atoms with Crippen LogP contribution in [0.3, 0.4) is 0 Å². The molecule has 0 saturated carbocycles. The van der Waals surface area contributed by atoms with Crippen molar-refractivity contribution in [1.82, 2.24) is 0 Å². The zero-order chi connectivity index (χ0) is 16.7. The first-order valence-electron chi connectivity index (χ1n) is 7.30. The second kappa shape index (κ2) is 8.37. The molecule has 1 unspecified atom stereocenters. The van der Waals surface area contributed by atoms with E-state index in [1.54, 1.807) is 48.1 Å². The third-order valence-electron chi connectivity index (χ3n) is 2.47. The number of carbonyl (C=O) groups excluding carboxylic acids is 2. The van der Waals surface area contributed by atoms with E-state index in [0.29, 0.717) is 0 Å². The first-order chi connectivity index (χ1) is 9.48. The highest BCUT2D eigenvalue weighted by Gasteiger charge is 2.29. The fraction of sp³-hybridized carbons (Fsp3) is 0.812. The number of esters is 2. The summed E-state index contributed by atoms with van der Waals surface area (Å²) >= 11 is 0. The Balaban J connectivity index is 4.53. The second-order valence-corrected chi connectivity index (χ2v) is 7.03. The summed E-state index contributed by atoms with van der Waals surface area (Å²) in [5, 5.41) is 0. The Morgan fingerprint density at radius 1 is 0.952 bits per heavy atom. The lowest BCUT2D eigenvalue weighted by Gasteiger charge is -2.24. The molecule has 0 amide bonds. The summed E-state index contributed by atoms with van der Waals surface area (Å²) in [5.74, 6) is -0.682. The van der Waals surface area contributed by atoms with E-state index in [-0.39, 0.29) is 25.2 Å². The minimum atomic E-state index is -0.610. The van der Waals surface area contributed by atoms with Gasteiger partial charge < -0.3 is 14.2 Å². The average molecular weight is 301 g/mol. The van der Waals surface area contributed by atoms with Gasteiger partial charge in [0, 0.05) is 0 Å². The normalized spacial score (nSPS) is 13.7. The highest BCUT2D eigenvalue weighted by atomic mass is 16.6. The van der Waals surface area contributed by atoms with Crippen LogP contribution in [0.25, 0.3) is 0 Å². The van der Waals surface area contributed by atoms with Crippen LogP contribution in [0.15, 0.2) is 0 Å². The lowest BCUT2D eigenvalue weighted by molar-refractivity contribution is -0.171. The molecule has 21 heavy (non-hydrogen) atoms. The largest absolute Gasteiger partial charge is 0.461 e. The topological polar surface area (TPSA) is 61.8 Å². The van der Waals surface area contributed by atoms with Gasteiger partial charge in [-0.3, -0.25) is 9.59 Å². The molecule has 0 aliphatic heterocycles. The van der Waals surface area contributed by atoms with E-state index < -0.39 is 16.9 Å². The van der Waals surface area contributed by atoms with Crippen LogP contribution in [0.5, 0.6) is 0 Å². The highest BCUT2D eigenvalue weighted by Crippen LogP contribution is 2.18. The predicted molar refractivity (Wildman–Crippen MR) is 80.3 cm³/mol. The van der Waals surface area contributed by atoms with Gasteiger partial charge in [-0.05, 0) is 48.0 Å². The van der Waals surface area contributed by atoms with Crippen molar-refractivity contribution in [2.45, 2.75) is 61.0 Å². The van der Waals surface area contributed by atoms with Crippen LogP contribution in [0.2, 0.25) is 0 Å². The van der Waals surface area contributed by atoms with Gasteiger partial charge in [-0.15, -0.1) is 0 Å². The van der Waals surface area contributed by atoms with Crippen LogP contribution >= 0.6 is 0 Å². The number of hydrogen-bond acceptors (Lipinski definition) is 5. The molecule has 0 bridgehead atoms. The number of carbonyl (C=O) groups is 2. The maximum Gasteiger partial charge on any atom is 0.311 e. The van der Waals surface area contributed by atoms with Crippen LogP contribution in [0, 0.1) is 17.4 Å². The average Bonchev–Trinajstić information content (AvgIpc) is 2.32. The third-order valence-corrected chi connectivity index (χ3v) is 2.47. The first-order valence-corrected chi connectivity index (χ1v) is 7.30. The molecule has 0 N–H and O–H groups in total.